The highest BCUT2D eigenvalue weighted by atomic mass is 16.5. The van der Waals surface area contributed by atoms with Gasteiger partial charge in [0.05, 0.1) is 25.4 Å². The largest absolute Gasteiger partial charge is 0.389 e. The van der Waals surface area contributed by atoms with E-state index in [4.69, 9.17) is 4.74 Å². The third-order valence-electron chi connectivity index (χ3n) is 11.3. The second kappa shape index (κ2) is 7.02. The van der Waals surface area contributed by atoms with Crippen molar-refractivity contribution in [2.24, 2.45) is 52.8 Å². The van der Waals surface area contributed by atoms with Gasteiger partial charge in [0.15, 0.2) is 0 Å². The average Bonchev–Trinajstić information content (AvgIpc) is 3.32. The third-order valence-corrected chi connectivity index (χ3v) is 11.3. The number of ketones is 1. The van der Waals surface area contributed by atoms with Crippen LogP contribution >= 0.6 is 0 Å². The summed E-state index contributed by atoms with van der Waals surface area (Å²) in [5.74, 6) is 5.98. The zero-order valence-electron chi connectivity index (χ0n) is 19.0. The van der Waals surface area contributed by atoms with Gasteiger partial charge in [0.2, 0.25) is 0 Å². The number of rotatable bonds is 3. The number of carbonyl (C=O) groups is 1. The number of Topliss-reactive ketones (excluding diaryl/α,β-unsaturated/α-hetero) is 1. The van der Waals surface area contributed by atoms with Crippen LogP contribution in [0.2, 0.25) is 0 Å². The molecule has 5 saturated carbocycles. The van der Waals surface area contributed by atoms with E-state index in [9.17, 15) is 9.90 Å². The molecule has 0 radical (unpaired) electrons. The van der Waals surface area contributed by atoms with E-state index in [2.05, 4.69) is 18.7 Å². The second-order valence-corrected chi connectivity index (χ2v) is 12.3. The van der Waals surface area contributed by atoms with Crippen molar-refractivity contribution >= 4 is 5.78 Å². The average molecular weight is 416 g/mol. The van der Waals surface area contributed by atoms with Crippen molar-refractivity contribution in [1.29, 1.82) is 0 Å². The van der Waals surface area contributed by atoms with E-state index < -0.39 is 0 Å². The first-order chi connectivity index (χ1) is 14.4. The lowest BCUT2D eigenvalue weighted by atomic mass is 9.49. The number of hydrogen-bond acceptors (Lipinski definition) is 4. The molecule has 1 saturated heterocycles. The van der Waals surface area contributed by atoms with Gasteiger partial charge in [-0.05, 0) is 98.2 Å². The SMILES string of the molecule is C[C@H]1C[C@@H]2[C@H]3CC[C@]4(C)[C@@H](C(=O)CN5CCOCC5)CC[C@H]4[C@@H]3CC[C@H]2C2C[C@]21O. The van der Waals surface area contributed by atoms with Crippen molar-refractivity contribution in [3.8, 4) is 0 Å². The number of carbonyl (C=O) groups excluding carboxylic acids is 1. The molecule has 0 aromatic carbocycles. The zero-order valence-corrected chi connectivity index (χ0v) is 19.0. The van der Waals surface area contributed by atoms with E-state index >= 15 is 0 Å². The van der Waals surface area contributed by atoms with Gasteiger partial charge in [0, 0.05) is 19.0 Å². The molecule has 30 heavy (non-hydrogen) atoms. The molecule has 5 aliphatic carbocycles. The van der Waals surface area contributed by atoms with Crippen LogP contribution in [0.15, 0.2) is 0 Å². The molecular formula is C26H41NO3. The van der Waals surface area contributed by atoms with Crippen LogP contribution in [-0.2, 0) is 9.53 Å². The van der Waals surface area contributed by atoms with Crippen LogP contribution in [0.25, 0.3) is 0 Å². The molecule has 0 amide bonds. The Bertz CT molecular complexity index is 704. The highest BCUT2D eigenvalue weighted by Crippen LogP contribution is 2.69. The molecule has 6 rings (SSSR count). The van der Waals surface area contributed by atoms with E-state index in [0.29, 0.717) is 24.2 Å². The van der Waals surface area contributed by atoms with Crippen LogP contribution in [0.3, 0.4) is 0 Å². The van der Waals surface area contributed by atoms with Crippen molar-refractivity contribution in [2.45, 2.75) is 70.8 Å². The predicted octanol–water partition coefficient (Wildman–Crippen LogP) is 3.76. The van der Waals surface area contributed by atoms with Crippen LogP contribution in [0.4, 0.5) is 0 Å². The van der Waals surface area contributed by atoms with Gasteiger partial charge >= 0.3 is 0 Å². The number of ether oxygens (including phenoxy) is 1. The summed E-state index contributed by atoms with van der Waals surface area (Å²) < 4.78 is 5.47. The normalized spacial score (nSPS) is 55.2. The molecule has 1 N–H and O–H groups in total. The van der Waals surface area contributed by atoms with Gasteiger partial charge in [0.1, 0.15) is 5.78 Å². The summed E-state index contributed by atoms with van der Waals surface area (Å²) in [6.07, 6.45) is 10.0. The van der Waals surface area contributed by atoms with Gasteiger partial charge in [0.25, 0.3) is 0 Å². The van der Waals surface area contributed by atoms with Gasteiger partial charge in [-0.1, -0.05) is 13.8 Å². The molecule has 0 spiro atoms. The molecule has 168 valence electrons. The lowest BCUT2D eigenvalue weighted by Crippen LogP contribution is -2.52. The Labute approximate surface area is 182 Å². The van der Waals surface area contributed by atoms with Crippen LogP contribution in [0.1, 0.15) is 65.2 Å². The summed E-state index contributed by atoms with van der Waals surface area (Å²) in [4.78, 5) is 15.7. The van der Waals surface area contributed by atoms with Crippen LogP contribution in [0.5, 0.6) is 0 Å². The van der Waals surface area contributed by atoms with Gasteiger partial charge in [-0.15, -0.1) is 0 Å². The van der Waals surface area contributed by atoms with Gasteiger partial charge in [-0.3, -0.25) is 9.69 Å². The minimum atomic E-state index is -0.304. The Balaban J connectivity index is 1.17. The number of hydrogen-bond donors (Lipinski definition) is 1. The number of aliphatic hydroxyl groups is 1. The van der Waals surface area contributed by atoms with Crippen LogP contribution < -0.4 is 0 Å². The highest BCUT2D eigenvalue weighted by Gasteiger charge is 2.67. The van der Waals surface area contributed by atoms with E-state index in [1.54, 1.807) is 0 Å². The quantitative estimate of drug-likeness (QED) is 0.762. The Morgan fingerprint density at radius 1 is 1.00 bits per heavy atom. The standard InChI is InChI=1S/C26H41NO3/c1-16-13-20-17-7-8-25(2)21(18(17)3-4-19(20)23-14-26(16,23)29)5-6-22(25)24(28)15-27-9-11-30-12-10-27/h16-23,29H,3-15H2,1-2H3/t16-,17-,18+,19+,20+,21-,22+,23?,25-,26+/m0/s1. The topological polar surface area (TPSA) is 49.8 Å². The summed E-state index contributed by atoms with van der Waals surface area (Å²) in [6, 6.07) is 0. The number of morpholine rings is 1. The molecule has 1 unspecified atom stereocenters. The monoisotopic (exact) mass is 415 g/mol. The molecule has 6 aliphatic rings. The highest BCUT2D eigenvalue weighted by molar-refractivity contribution is 5.84. The first-order valence-electron chi connectivity index (χ1n) is 13.0. The Morgan fingerprint density at radius 2 is 1.73 bits per heavy atom. The van der Waals surface area contributed by atoms with Crippen molar-refractivity contribution < 1.29 is 14.6 Å². The fourth-order valence-electron chi connectivity index (χ4n) is 9.64. The Morgan fingerprint density at radius 3 is 2.50 bits per heavy atom. The third kappa shape index (κ3) is 2.85. The van der Waals surface area contributed by atoms with Gasteiger partial charge < -0.3 is 9.84 Å². The van der Waals surface area contributed by atoms with Crippen LogP contribution in [0, 0.1) is 52.8 Å². The van der Waals surface area contributed by atoms with E-state index in [-0.39, 0.29) is 16.9 Å². The van der Waals surface area contributed by atoms with Crippen molar-refractivity contribution in [1.82, 2.24) is 4.90 Å². The Hall–Kier alpha value is -0.450. The summed E-state index contributed by atoms with van der Waals surface area (Å²) in [5.41, 5.74) is -0.0699. The second-order valence-electron chi connectivity index (χ2n) is 12.3. The summed E-state index contributed by atoms with van der Waals surface area (Å²) in [7, 11) is 0. The molecule has 10 atom stereocenters. The molecule has 1 heterocycles. The molecular weight excluding hydrogens is 374 g/mol. The molecule has 4 heteroatoms. The maximum absolute atomic E-state index is 13.4. The fraction of sp³-hybridized carbons (Fsp3) is 0.962. The zero-order chi connectivity index (χ0) is 20.7. The maximum atomic E-state index is 13.4. The fourth-order valence-corrected chi connectivity index (χ4v) is 9.64. The molecule has 0 aromatic rings. The van der Waals surface area contributed by atoms with Gasteiger partial charge in [-0.25, -0.2) is 0 Å². The minimum absolute atomic E-state index is 0.234. The number of fused-ring (bicyclic) bond motifs is 7. The smallest absolute Gasteiger partial charge is 0.150 e. The van der Waals surface area contributed by atoms with Gasteiger partial charge in [-0.2, -0.15) is 0 Å². The summed E-state index contributed by atoms with van der Waals surface area (Å²) >= 11 is 0. The van der Waals surface area contributed by atoms with E-state index in [1.165, 1.54) is 38.5 Å². The molecule has 4 nitrogen and oxygen atoms in total. The number of nitrogens with zero attached hydrogens (tertiary/aromatic N) is 1. The minimum Gasteiger partial charge on any atom is -0.389 e. The Kier molecular flexibility index (Phi) is 4.72. The maximum Gasteiger partial charge on any atom is 0.150 e. The molecule has 1 aliphatic heterocycles. The van der Waals surface area contributed by atoms with Crippen LogP contribution in [-0.4, -0.2) is 54.2 Å². The van der Waals surface area contributed by atoms with Crippen molar-refractivity contribution in [2.75, 3.05) is 32.8 Å². The molecule has 6 fully saturated rings. The lowest BCUT2D eigenvalue weighted by molar-refractivity contribution is -0.133. The van der Waals surface area contributed by atoms with E-state index in [1.807, 2.05) is 0 Å². The molecule has 0 aromatic heterocycles. The predicted molar refractivity (Wildman–Crippen MR) is 116 cm³/mol. The molecule has 0 bridgehead atoms. The van der Waals surface area contributed by atoms with E-state index in [0.717, 1.165) is 68.7 Å². The first kappa shape index (κ1) is 20.2. The van der Waals surface area contributed by atoms with Crippen molar-refractivity contribution in [3.63, 3.8) is 0 Å². The lowest BCUT2D eigenvalue weighted by Gasteiger charge is -2.56. The van der Waals surface area contributed by atoms with Crippen molar-refractivity contribution in [3.05, 3.63) is 0 Å². The first-order valence-corrected chi connectivity index (χ1v) is 13.0. The summed E-state index contributed by atoms with van der Waals surface area (Å²) in [6.45, 7) is 8.82. The summed E-state index contributed by atoms with van der Waals surface area (Å²) in [5, 5.41) is 10.9.